The highest BCUT2D eigenvalue weighted by Crippen LogP contribution is 2.32. The fourth-order valence-corrected chi connectivity index (χ4v) is 2.98. The lowest BCUT2D eigenvalue weighted by Gasteiger charge is -2.23. The highest BCUT2D eigenvalue weighted by molar-refractivity contribution is 5.75. The maximum Gasteiger partial charge on any atom is 0.312 e. The standard InChI is InChI=1S/C12H17N3O2/c16-12(17)9-2-1-5-15-10(9)7-14-11(15)8-3-4-13-6-8/h7-9,13H,1-6H2,(H,16,17). The van der Waals surface area contributed by atoms with Gasteiger partial charge in [-0.3, -0.25) is 4.79 Å². The second kappa shape index (κ2) is 4.14. The monoisotopic (exact) mass is 235 g/mol. The van der Waals surface area contributed by atoms with Gasteiger partial charge in [-0.2, -0.15) is 0 Å². The van der Waals surface area contributed by atoms with E-state index in [0.717, 1.165) is 50.4 Å². The Kier molecular flexibility index (Phi) is 2.63. The number of nitrogens with one attached hydrogen (secondary N) is 1. The summed E-state index contributed by atoms with van der Waals surface area (Å²) in [5, 5.41) is 12.5. The summed E-state index contributed by atoms with van der Waals surface area (Å²) >= 11 is 0. The molecule has 0 aliphatic carbocycles. The number of imidazole rings is 1. The summed E-state index contributed by atoms with van der Waals surface area (Å²) in [7, 11) is 0. The molecule has 2 unspecified atom stereocenters. The molecule has 5 nitrogen and oxygen atoms in total. The molecule has 0 amide bonds. The van der Waals surface area contributed by atoms with E-state index in [0.29, 0.717) is 5.92 Å². The first-order valence-electron chi connectivity index (χ1n) is 6.26. The van der Waals surface area contributed by atoms with Crippen LogP contribution in [0.3, 0.4) is 0 Å². The molecule has 1 aromatic heterocycles. The van der Waals surface area contributed by atoms with Crippen LogP contribution in [0.2, 0.25) is 0 Å². The zero-order valence-corrected chi connectivity index (χ0v) is 9.72. The number of aliphatic carboxylic acids is 1. The van der Waals surface area contributed by atoms with Gasteiger partial charge in [0.15, 0.2) is 0 Å². The minimum atomic E-state index is -0.720. The van der Waals surface area contributed by atoms with Gasteiger partial charge in [-0.25, -0.2) is 4.98 Å². The van der Waals surface area contributed by atoms with Crippen molar-refractivity contribution in [3.63, 3.8) is 0 Å². The van der Waals surface area contributed by atoms with Crippen LogP contribution >= 0.6 is 0 Å². The number of hydrogen-bond donors (Lipinski definition) is 2. The molecule has 1 fully saturated rings. The van der Waals surface area contributed by atoms with Crippen LogP contribution in [0.1, 0.15) is 42.6 Å². The lowest BCUT2D eigenvalue weighted by molar-refractivity contribution is -0.139. The maximum atomic E-state index is 11.2. The quantitative estimate of drug-likeness (QED) is 0.800. The average molecular weight is 235 g/mol. The Bertz CT molecular complexity index is 435. The number of carboxylic acids is 1. The Balaban J connectivity index is 1.95. The van der Waals surface area contributed by atoms with Crippen LogP contribution in [0.25, 0.3) is 0 Å². The summed E-state index contributed by atoms with van der Waals surface area (Å²) in [5.74, 6) is 0.452. The molecular weight excluding hydrogens is 218 g/mol. The third-order valence-electron chi connectivity index (χ3n) is 3.87. The van der Waals surface area contributed by atoms with E-state index < -0.39 is 5.97 Å². The van der Waals surface area contributed by atoms with Crippen molar-refractivity contribution in [2.24, 2.45) is 0 Å². The summed E-state index contributed by atoms with van der Waals surface area (Å²) in [6.45, 7) is 2.92. The topological polar surface area (TPSA) is 67.1 Å². The normalized spacial score (nSPS) is 28.0. The van der Waals surface area contributed by atoms with Gasteiger partial charge in [0.1, 0.15) is 5.82 Å². The van der Waals surface area contributed by atoms with Crippen LogP contribution in [0.15, 0.2) is 6.20 Å². The number of hydrogen-bond acceptors (Lipinski definition) is 3. The zero-order chi connectivity index (χ0) is 11.8. The predicted molar refractivity (Wildman–Crippen MR) is 62.1 cm³/mol. The van der Waals surface area contributed by atoms with Crippen LogP contribution in [0.5, 0.6) is 0 Å². The van der Waals surface area contributed by atoms with Gasteiger partial charge >= 0.3 is 5.97 Å². The van der Waals surface area contributed by atoms with Gasteiger partial charge in [0.25, 0.3) is 0 Å². The minimum Gasteiger partial charge on any atom is -0.481 e. The van der Waals surface area contributed by atoms with Gasteiger partial charge < -0.3 is 15.0 Å². The van der Waals surface area contributed by atoms with Crippen LogP contribution in [0, 0.1) is 0 Å². The molecule has 2 aliphatic heterocycles. The fraction of sp³-hybridized carbons (Fsp3) is 0.667. The van der Waals surface area contributed by atoms with Gasteiger partial charge in [0.2, 0.25) is 0 Å². The molecular formula is C12H17N3O2. The third-order valence-corrected chi connectivity index (χ3v) is 3.87. The molecule has 2 N–H and O–H groups in total. The molecule has 1 aromatic rings. The van der Waals surface area contributed by atoms with Crippen LogP contribution in [-0.2, 0) is 11.3 Å². The van der Waals surface area contributed by atoms with E-state index in [1.54, 1.807) is 6.20 Å². The number of aromatic nitrogens is 2. The number of fused-ring (bicyclic) bond motifs is 1. The van der Waals surface area contributed by atoms with E-state index in [1.807, 2.05) is 0 Å². The molecule has 1 saturated heterocycles. The van der Waals surface area contributed by atoms with Crippen molar-refractivity contribution in [1.82, 2.24) is 14.9 Å². The van der Waals surface area contributed by atoms with Crippen LogP contribution < -0.4 is 5.32 Å². The number of carboxylic acid groups (broad SMARTS) is 1. The van der Waals surface area contributed by atoms with E-state index in [1.165, 1.54) is 0 Å². The van der Waals surface area contributed by atoms with Crippen molar-refractivity contribution in [1.29, 1.82) is 0 Å². The molecule has 0 saturated carbocycles. The molecule has 17 heavy (non-hydrogen) atoms. The number of rotatable bonds is 2. The lowest BCUT2D eigenvalue weighted by atomic mass is 9.96. The summed E-state index contributed by atoms with van der Waals surface area (Å²) in [5.41, 5.74) is 0.894. The highest BCUT2D eigenvalue weighted by atomic mass is 16.4. The van der Waals surface area contributed by atoms with Gasteiger partial charge in [-0.1, -0.05) is 0 Å². The summed E-state index contributed by atoms with van der Waals surface area (Å²) in [6, 6.07) is 0. The van der Waals surface area contributed by atoms with Crippen molar-refractivity contribution in [3.8, 4) is 0 Å². The molecule has 3 heterocycles. The molecule has 2 aliphatic rings. The van der Waals surface area contributed by atoms with E-state index in [-0.39, 0.29) is 5.92 Å². The van der Waals surface area contributed by atoms with E-state index in [2.05, 4.69) is 14.9 Å². The second-order valence-electron chi connectivity index (χ2n) is 4.92. The SMILES string of the molecule is O=C(O)C1CCCn2c1cnc2C1CCNC1. The van der Waals surface area contributed by atoms with E-state index in [9.17, 15) is 9.90 Å². The largest absolute Gasteiger partial charge is 0.481 e. The second-order valence-corrected chi connectivity index (χ2v) is 4.92. The molecule has 0 spiro atoms. The lowest BCUT2D eigenvalue weighted by Crippen LogP contribution is -2.23. The zero-order valence-electron chi connectivity index (χ0n) is 9.72. The average Bonchev–Trinajstić information content (AvgIpc) is 2.96. The Hall–Kier alpha value is -1.36. The van der Waals surface area contributed by atoms with Crippen molar-refractivity contribution in [3.05, 3.63) is 17.7 Å². The Morgan fingerprint density at radius 2 is 2.41 bits per heavy atom. The first kappa shape index (κ1) is 10.8. The summed E-state index contributed by atoms with van der Waals surface area (Å²) in [6.07, 6.45) is 4.55. The molecule has 3 rings (SSSR count). The van der Waals surface area contributed by atoms with Crippen molar-refractivity contribution in [2.45, 2.75) is 37.6 Å². The molecule has 92 valence electrons. The maximum absolute atomic E-state index is 11.2. The smallest absolute Gasteiger partial charge is 0.312 e. The van der Waals surface area contributed by atoms with Gasteiger partial charge in [-0.15, -0.1) is 0 Å². The van der Waals surface area contributed by atoms with E-state index in [4.69, 9.17) is 0 Å². The highest BCUT2D eigenvalue weighted by Gasteiger charge is 2.31. The summed E-state index contributed by atoms with van der Waals surface area (Å²) in [4.78, 5) is 15.7. The number of nitrogens with zero attached hydrogens (tertiary/aromatic N) is 2. The van der Waals surface area contributed by atoms with Gasteiger partial charge in [-0.05, 0) is 25.8 Å². The number of carbonyl (C=O) groups is 1. The van der Waals surface area contributed by atoms with E-state index >= 15 is 0 Å². The summed E-state index contributed by atoms with van der Waals surface area (Å²) < 4.78 is 2.14. The van der Waals surface area contributed by atoms with Crippen molar-refractivity contribution in [2.75, 3.05) is 13.1 Å². The van der Waals surface area contributed by atoms with Crippen LogP contribution in [0.4, 0.5) is 0 Å². The van der Waals surface area contributed by atoms with Crippen molar-refractivity contribution < 1.29 is 9.90 Å². The van der Waals surface area contributed by atoms with Crippen LogP contribution in [-0.4, -0.2) is 33.7 Å². The fourth-order valence-electron chi connectivity index (χ4n) is 2.98. The predicted octanol–water partition coefficient (Wildman–Crippen LogP) is 0.922. The Morgan fingerprint density at radius 3 is 3.12 bits per heavy atom. The molecule has 0 aromatic carbocycles. The Morgan fingerprint density at radius 1 is 1.53 bits per heavy atom. The third kappa shape index (κ3) is 1.74. The molecule has 0 radical (unpaired) electrons. The first-order valence-corrected chi connectivity index (χ1v) is 6.26. The minimum absolute atomic E-state index is 0.362. The first-order chi connectivity index (χ1) is 8.27. The Labute approximate surface area is 99.8 Å². The van der Waals surface area contributed by atoms with Crippen molar-refractivity contribution >= 4 is 5.97 Å². The van der Waals surface area contributed by atoms with Gasteiger partial charge in [0.05, 0.1) is 11.6 Å². The molecule has 5 heteroatoms. The molecule has 2 atom stereocenters. The molecule has 0 bridgehead atoms. The van der Waals surface area contributed by atoms with Gasteiger partial charge in [0, 0.05) is 25.2 Å².